The van der Waals surface area contributed by atoms with Crippen molar-refractivity contribution in [1.29, 1.82) is 0 Å². The number of fused-ring (bicyclic) bond motifs is 8. The molecule has 0 fully saturated rings. The van der Waals surface area contributed by atoms with Gasteiger partial charge in [0, 0.05) is 28.8 Å². The standard InChI is InChI=1S/C64H46N4O/c1-64(2,3)47-33-34-65-60(38-47)68-59-40-51(31-32-55(59)62-56-28-15-22-44-21-14-27-53(61(44)56)52-25-10-11-26-54(52)63(62)68)69-50-24-16-23-48(39-50)66-41-67(58-30-13-12-29-57(58)66)49-36-45(42-17-6-4-7-18-42)35-46(37-49)43-19-8-5-9-20-43/h4-40H,1-3H3. The van der Waals surface area contributed by atoms with E-state index < -0.39 is 0 Å². The van der Waals surface area contributed by atoms with Crippen LogP contribution < -0.4 is 9.30 Å². The van der Waals surface area contributed by atoms with Gasteiger partial charge in [-0.3, -0.25) is 13.7 Å². The molecule has 0 spiro atoms. The van der Waals surface area contributed by atoms with E-state index in [2.05, 4.69) is 253 Å². The number of rotatable bonds is 7. The van der Waals surface area contributed by atoms with Gasteiger partial charge in [-0.15, -0.1) is 0 Å². The Morgan fingerprint density at radius 1 is 0.507 bits per heavy atom. The number of aromatic nitrogens is 4. The zero-order chi connectivity index (χ0) is 46.2. The van der Waals surface area contributed by atoms with Crippen LogP contribution >= 0.6 is 0 Å². The first-order chi connectivity index (χ1) is 33.8. The van der Waals surface area contributed by atoms with Crippen LogP contribution in [-0.2, 0) is 5.41 Å². The van der Waals surface area contributed by atoms with E-state index in [-0.39, 0.29) is 5.41 Å². The average molecular weight is 887 g/mol. The SMILES string of the molecule is CC(C)(C)c1ccnc(-n2c3c(c4ccc(Oc5cccc(-n6[c-][n+](-c7cc(-c8ccccc8)cc(-c8ccccc8)c7)c7ccccc76)c5)cc42)-c2cccc4cccc(c24)-c2ccccc2-3)c1. The van der Waals surface area contributed by atoms with Gasteiger partial charge >= 0.3 is 0 Å². The Morgan fingerprint density at radius 3 is 1.91 bits per heavy atom. The Labute approximate surface area is 401 Å². The summed E-state index contributed by atoms with van der Waals surface area (Å²) in [4.78, 5) is 5.12. The normalized spacial score (nSPS) is 12.0. The highest BCUT2D eigenvalue weighted by atomic mass is 16.5. The monoisotopic (exact) mass is 886 g/mol. The third kappa shape index (κ3) is 6.85. The van der Waals surface area contributed by atoms with Crippen molar-refractivity contribution in [3.63, 3.8) is 0 Å². The molecule has 0 atom stereocenters. The second kappa shape index (κ2) is 15.9. The number of hydrogen-bond donors (Lipinski definition) is 0. The van der Waals surface area contributed by atoms with Crippen LogP contribution in [0.2, 0.25) is 0 Å². The molecule has 3 heterocycles. The molecule has 0 radical (unpaired) electrons. The first kappa shape index (κ1) is 40.5. The molecule has 9 aromatic carbocycles. The average Bonchev–Trinajstić information content (AvgIpc) is 3.92. The maximum absolute atomic E-state index is 6.92. The van der Waals surface area contributed by atoms with Crippen LogP contribution in [0.5, 0.6) is 11.5 Å². The van der Waals surface area contributed by atoms with Crippen LogP contribution in [0, 0.1) is 6.33 Å². The summed E-state index contributed by atoms with van der Waals surface area (Å²) in [7, 11) is 0. The molecule has 0 unspecified atom stereocenters. The fourth-order valence-corrected chi connectivity index (χ4v) is 10.4. The van der Waals surface area contributed by atoms with Gasteiger partial charge in [-0.25, -0.2) is 4.98 Å². The van der Waals surface area contributed by atoms with E-state index >= 15 is 0 Å². The Balaban J connectivity index is 0.955. The maximum Gasteiger partial charge on any atom is 0.269 e. The Kier molecular flexibility index (Phi) is 9.34. The zero-order valence-corrected chi connectivity index (χ0v) is 38.6. The van der Waals surface area contributed by atoms with E-state index in [9.17, 15) is 0 Å². The zero-order valence-electron chi connectivity index (χ0n) is 38.6. The molecule has 0 aliphatic heterocycles. The van der Waals surface area contributed by atoms with Crippen molar-refractivity contribution in [3.05, 3.63) is 236 Å². The van der Waals surface area contributed by atoms with Crippen LogP contribution in [0.25, 0.3) is 106 Å². The predicted octanol–water partition coefficient (Wildman–Crippen LogP) is 15.9. The number of pyridine rings is 1. The van der Waals surface area contributed by atoms with Crippen molar-refractivity contribution >= 4 is 32.7 Å². The predicted molar refractivity (Wildman–Crippen MR) is 282 cm³/mol. The second-order valence-electron chi connectivity index (χ2n) is 19.0. The third-order valence-electron chi connectivity index (χ3n) is 13.7. The molecule has 1 aliphatic carbocycles. The minimum absolute atomic E-state index is 0.0737. The Hall–Kier alpha value is -8.80. The first-order valence-electron chi connectivity index (χ1n) is 23.6. The minimum atomic E-state index is -0.0737. The molecule has 0 saturated heterocycles. The molecule has 5 heteroatoms. The summed E-state index contributed by atoms with van der Waals surface area (Å²) < 4.78 is 13.6. The van der Waals surface area contributed by atoms with Gasteiger partial charge in [0.15, 0.2) is 0 Å². The van der Waals surface area contributed by atoms with E-state index in [1.165, 1.54) is 44.2 Å². The Bertz CT molecular complexity index is 3900. The smallest absolute Gasteiger partial charge is 0.269 e. The van der Waals surface area contributed by atoms with Crippen molar-refractivity contribution < 1.29 is 9.30 Å². The number of hydrogen-bond acceptors (Lipinski definition) is 2. The summed E-state index contributed by atoms with van der Waals surface area (Å²) in [5, 5.41) is 3.62. The summed E-state index contributed by atoms with van der Waals surface area (Å²) in [5.41, 5.74) is 17.9. The van der Waals surface area contributed by atoms with Crippen molar-refractivity contribution in [1.82, 2.24) is 14.1 Å². The summed E-state index contributed by atoms with van der Waals surface area (Å²) in [6, 6.07) is 77.8. The summed E-state index contributed by atoms with van der Waals surface area (Å²) >= 11 is 0. The molecule has 0 bridgehead atoms. The second-order valence-corrected chi connectivity index (χ2v) is 19.0. The molecule has 5 nitrogen and oxygen atoms in total. The molecule has 0 saturated carbocycles. The first-order valence-corrected chi connectivity index (χ1v) is 23.6. The fourth-order valence-electron chi connectivity index (χ4n) is 10.4. The quantitative estimate of drug-likeness (QED) is 0.118. The summed E-state index contributed by atoms with van der Waals surface area (Å²) in [6.07, 6.45) is 5.71. The highest BCUT2D eigenvalue weighted by Crippen LogP contribution is 2.52. The topological polar surface area (TPSA) is 35.9 Å². The van der Waals surface area contributed by atoms with Gasteiger partial charge in [0.25, 0.3) is 6.33 Å². The van der Waals surface area contributed by atoms with Crippen LogP contribution in [-0.4, -0.2) is 14.1 Å². The van der Waals surface area contributed by atoms with Gasteiger partial charge in [0.2, 0.25) is 0 Å². The van der Waals surface area contributed by atoms with Crippen LogP contribution in [0.3, 0.4) is 0 Å². The summed E-state index contributed by atoms with van der Waals surface area (Å²) in [6.45, 7) is 6.77. The lowest BCUT2D eigenvalue weighted by Crippen LogP contribution is -2.29. The van der Waals surface area contributed by atoms with E-state index in [0.717, 1.165) is 78.6 Å². The van der Waals surface area contributed by atoms with Gasteiger partial charge in [0.05, 0.1) is 33.6 Å². The molecule has 328 valence electrons. The third-order valence-corrected chi connectivity index (χ3v) is 13.7. The molecular weight excluding hydrogens is 841 g/mol. The van der Waals surface area contributed by atoms with Crippen LogP contribution in [0.1, 0.15) is 26.3 Å². The van der Waals surface area contributed by atoms with Gasteiger partial charge < -0.3 is 4.74 Å². The number of para-hydroxylation sites is 2. The molecular formula is C64H46N4O. The van der Waals surface area contributed by atoms with Gasteiger partial charge in [0.1, 0.15) is 17.3 Å². The molecule has 1 aliphatic rings. The van der Waals surface area contributed by atoms with E-state index in [0.29, 0.717) is 0 Å². The number of nitrogens with zero attached hydrogens (tertiary/aromatic N) is 4. The van der Waals surface area contributed by atoms with Crippen molar-refractivity contribution in [2.45, 2.75) is 26.2 Å². The van der Waals surface area contributed by atoms with Crippen LogP contribution in [0.15, 0.2) is 225 Å². The molecule has 12 aromatic rings. The molecule has 13 rings (SSSR count). The lowest BCUT2D eigenvalue weighted by Gasteiger charge is -2.21. The van der Waals surface area contributed by atoms with Crippen LogP contribution in [0.4, 0.5) is 0 Å². The van der Waals surface area contributed by atoms with Gasteiger partial charge in [-0.1, -0.05) is 172 Å². The maximum atomic E-state index is 6.92. The lowest BCUT2D eigenvalue weighted by atomic mass is 9.88. The highest BCUT2D eigenvalue weighted by molar-refractivity contribution is 6.19. The molecule has 69 heavy (non-hydrogen) atoms. The van der Waals surface area contributed by atoms with Crippen molar-refractivity contribution in [2.75, 3.05) is 0 Å². The number of imidazole rings is 1. The minimum Gasteiger partial charge on any atom is -0.458 e. The van der Waals surface area contributed by atoms with Crippen molar-refractivity contribution in [2.24, 2.45) is 0 Å². The van der Waals surface area contributed by atoms with E-state index in [1.807, 2.05) is 12.3 Å². The highest BCUT2D eigenvalue weighted by Gasteiger charge is 2.29. The fraction of sp³-hybridized carbons (Fsp3) is 0.0625. The number of ether oxygens (including phenoxy) is 1. The lowest BCUT2D eigenvalue weighted by molar-refractivity contribution is -0.572. The molecule has 0 N–H and O–H groups in total. The molecule has 0 amide bonds. The largest absolute Gasteiger partial charge is 0.458 e. The summed E-state index contributed by atoms with van der Waals surface area (Å²) in [5.74, 6) is 2.32. The van der Waals surface area contributed by atoms with Crippen molar-refractivity contribution in [3.8, 4) is 84.5 Å². The number of benzene rings is 9. The van der Waals surface area contributed by atoms with Gasteiger partial charge in [-0.05, 0) is 121 Å². The Morgan fingerprint density at radius 2 is 1.16 bits per heavy atom. The van der Waals surface area contributed by atoms with E-state index in [1.54, 1.807) is 0 Å². The molecule has 3 aromatic heterocycles. The van der Waals surface area contributed by atoms with Gasteiger partial charge in [-0.2, -0.15) is 0 Å². The van der Waals surface area contributed by atoms with E-state index in [4.69, 9.17) is 9.72 Å².